The van der Waals surface area contributed by atoms with Gasteiger partial charge in [-0.15, -0.1) is 0 Å². The van der Waals surface area contributed by atoms with Crippen molar-refractivity contribution in [2.75, 3.05) is 4.90 Å². The first kappa shape index (κ1) is 18.2. The SMILES string of the molecule is Cc1cc(C)cc(N2C(=O)[C@H]3[C@H](C2=O)[C@@H](c2ccccc2O)N[C@@H]3C(=O)O)c1. The van der Waals surface area contributed by atoms with E-state index in [0.29, 0.717) is 11.3 Å². The van der Waals surface area contributed by atoms with E-state index in [1.54, 1.807) is 30.3 Å². The molecule has 0 radical (unpaired) electrons. The fraction of sp³-hybridized carbons (Fsp3) is 0.286. The maximum Gasteiger partial charge on any atom is 0.321 e. The van der Waals surface area contributed by atoms with Gasteiger partial charge in [0.15, 0.2) is 0 Å². The third-order valence-corrected chi connectivity index (χ3v) is 5.48. The van der Waals surface area contributed by atoms with Crippen LogP contribution in [-0.2, 0) is 14.4 Å². The minimum Gasteiger partial charge on any atom is -0.508 e. The summed E-state index contributed by atoms with van der Waals surface area (Å²) in [4.78, 5) is 39.3. The molecule has 144 valence electrons. The zero-order valence-electron chi connectivity index (χ0n) is 15.4. The van der Waals surface area contributed by atoms with Crippen molar-refractivity contribution in [1.82, 2.24) is 5.32 Å². The van der Waals surface area contributed by atoms with Gasteiger partial charge in [0.05, 0.1) is 17.5 Å². The largest absolute Gasteiger partial charge is 0.508 e. The Hall–Kier alpha value is -3.19. The highest BCUT2D eigenvalue weighted by Crippen LogP contribution is 2.47. The molecule has 0 spiro atoms. The van der Waals surface area contributed by atoms with E-state index in [1.165, 1.54) is 6.07 Å². The number of hydrogen-bond donors (Lipinski definition) is 3. The molecule has 0 saturated carbocycles. The van der Waals surface area contributed by atoms with Gasteiger partial charge in [0.2, 0.25) is 11.8 Å². The normalized spacial score (nSPS) is 26.6. The van der Waals surface area contributed by atoms with Gasteiger partial charge in [0.1, 0.15) is 11.8 Å². The quantitative estimate of drug-likeness (QED) is 0.703. The van der Waals surface area contributed by atoms with Crippen LogP contribution in [0.1, 0.15) is 22.7 Å². The number of phenolic OH excluding ortho intramolecular Hbond substituents is 1. The van der Waals surface area contributed by atoms with Crippen LogP contribution in [0, 0.1) is 25.7 Å². The summed E-state index contributed by atoms with van der Waals surface area (Å²) >= 11 is 0. The molecular formula is C21H20N2O5. The van der Waals surface area contributed by atoms with Crippen molar-refractivity contribution in [2.45, 2.75) is 25.9 Å². The number of aromatic hydroxyl groups is 1. The Morgan fingerprint density at radius 3 is 2.21 bits per heavy atom. The number of rotatable bonds is 3. The van der Waals surface area contributed by atoms with Crippen molar-refractivity contribution >= 4 is 23.5 Å². The molecule has 2 aliphatic heterocycles. The Bertz CT molecular complexity index is 982. The number of benzene rings is 2. The standard InChI is InChI=1S/C21H20N2O5/c1-10-7-11(2)9-12(8-10)23-19(25)15-16(20(23)26)18(21(27)28)22-17(15)13-5-3-4-6-14(13)24/h3-9,15-18,22,24H,1-2H3,(H,27,28)/t15-,16-,17+,18-/m0/s1. The van der Waals surface area contributed by atoms with E-state index in [0.717, 1.165) is 16.0 Å². The monoisotopic (exact) mass is 380 g/mol. The maximum absolute atomic E-state index is 13.3. The third-order valence-electron chi connectivity index (χ3n) is 5.48. The van der Waals surface area contributed by atoms with Crippen LogP contribution in [0.25, 0.3) is 0 Å². The lowest BCUT2D eigenvalue weighted by Crippen LogP contribution is -2.43. The molecule has 4 atom stereocenters. The number of fused-ring (bicyclic) bond motifs is 1. The summed E-state index contributed by atoms with van der Waals surface area (Å²) < 4.78 is 0. The number of carbonyl (C=O) groups excluding carboxylic acids is 2. The van der Waals surface area contributed by atoms with Crippen molar-refractivity contribution in [3.05, 3.63) is 59.2 Å². The summed E-state index contributed by atoms with van der Waals surface area (Å²) in [7, 11) is 0. The van der Waals surface area contributed by atoms with Crippen LogP contribution in [0.2, 0.25) is 0 Å². The number of para-hydroxylation sites is 1. The topological polar surface area (TPSA) is 107 Å². The van der Waals surface area contributed by atoms with Crippen molar-refractivity contribution in [3.8, 4) is 5.75 Å². The predicted octanol–water partition coefficient (Wildman–Crippen LogP) is 1.91. The Morgan fingerprint density at radius 2 is 1.61 bits per heavy atom. The van der Waals surface area contributed by atoms with E-state index >= 15 is 0 Å². The molecule has 2 heterocycles. The molecule has 2 aliphatic rings. The fourth-order valence-corrected chi connectivity index (χ4v) is 4.41. The van der Waals surface area contributed by atoms with Crippen LogP contribution in [0.15, 0.2) is 42.5 Å². The summed E-state index contributed by atoms with van der Waals surface area (Å²) in [6.07, 6.45) is 0. The Balaban J connectivity index is 1.81. The van der Waals surface area contributed by atoms with E-state index < -0.39 is 41.7 Å². The molecule has 0 unspecified atom stereocenters. The highest BCUT2D eigenvalue weighted by molar-refractivity contribution is 6.23. The number of anilines is 1. The smallest absolute Gasteiger partial charge is 0.321 e. The number of nitrogens with one attached hydrogen (secondary N) is 1. The number of imide groups is 1. The molecule has 28 heavy (non-hydrogen) atoms. The van der Waals surface area contributed by atoms with Gasteiger partial charge in [0, 0.05) is 11.6 Å². The highest BCUT2D eigenvalue weighted by Gasteiger charge is 2.61. The zero-order chi connectivity index (χ0) is 20.2. The summed E-state index contributed by atoms with van der Waals surface area (Å²) in [5, 5.41) is 22.7. The molecule has 0 bridgehead atoms. The van der Waals surface area contributed by atoms with Crippen LogP contribution in [0.3, 0.4) is 0 Å². The minimum absolute atomic E-state index is 0.0464. The lowest BCUT2D eigenvalue weighted by Gasteiger charge is -2.22. The number of nitrogens with zero attached hydrogens (tertiary/aromatic N) is 1. The second-order valence-electron chi connectivity index (χ2n) is 7.43. The summed E-state index contributed by atoms with van der Waals surface area (Å²) in [5.41, 5.74) is 2.65. The Kier molecular flexibility index (Phi) is 4.19. The molecule has 0 aromatic heterocycles. The second kappa shape index (κ2) is 6.45. The van der Waals surface area contributed by atoms with E-state index in [4.69, 9.17) is 0 Å². The van der Waals surface area contributed by atoms with Crippen molar-refractivity contribution in [3.63, 3.8) is 0 Å². The number of carboxylic acids is 1. The number of aryl methyl sites for hydroxylation is 2. The summed E-state index contributed by atoms with van der Waals surface area (Å²) in [6, 6.07) is 9.88. The number of carboxylic acid groups (broad SMARTS) is 1. The number of carbonyl (C=O) groups is 3. The molecule has 4 rings (SSSR count). The average Bonchev–Trinajstić information content (AvgIpc) is 3.12. The van der Waals surface area contributed by atoms with Gasteiger partial charge in [-0.2, -0.15) is 0 Å². The molecule has 0 aliphatic carbocycles. The van der Waals surface area contributed by atoms with Crippen LogP contribution in [0.5, 0.6) is 5.75 Å². The highest BCUT2D eigenvalue weighted by atomic mass is 16.4. The van der Waals surface area contributed by atoms with Gasteiger partial charge >= 0.3 is 5.97 Å². The van der Waals surface area contributed by atoms with E-state index in [-0.39, 0.29) is 5.75 Å². The Labute approximate surface area is 161 Å². The number of aliphatic carboxylic acids is 1. The fourth-order valence-electron chi connectivity index (χ4n) is 4.41. The van der Waals surface area contributed by atoms with Gasteiger partial charge in [-0.3, -0.25) is 19.7 Å². The maximum atomic E-state index is 13.3. The van der Waals surface area contributed by atoms with Gasteiger partial charge < -0.3 is 10.2 Å². The first-order chi connectivity index (χ1) is 13.3. The first-order valence-electron chi connectivity index (χ1n) is 9.02. The van der Waals surface area contributed by atoms with Crippen molar-refractivity contribution < 1.29 is 24.6 Å². The van der Waals surface area contributed by atoms with Crippen LogP contribution in [-0.4, -0.2) is 34.0 Å². The summed E-state index contributed by atoms with van der Waals surface area (Å²) in [5.74, 6) is -4.16. The van der Waals surface area contributed by atoms with Gasteiger partial charge in [0.25, 0.3) is 0 Å². The van der Waals surface area contributed by atoms with Crippen LogP contribution >= 0.6 is 0 Å². The molecule has 3 N–H and O–H groups in total. The minimum atomic E-state index is -1.21. The molecule has 7 nitrogen and oxygen atoms in total. The van der Waals surface area contributed by atoms with E-state index in [9.17, 15) is 24.6 Å². The number of hydrogen-bond acceptors (Lipinski definition) is 5. The van der Waals surface area contributed by atoms with Gasteiger partial charge in [-0.25, -0.2) is 4.90 Å². The molecule has 2 aromatic carbocycles. The molecule has 2 amide bonds. The first-order valence-corrected chi connectivity index (χ1v) is 9.02. The van der Waals surface area contributed by atoms with E-state index in [2.05, 4.69) is 5.32 Å². The number of phenols is 1. The van der Waals surface area contributed by atoms with Gasteiger partial charge in [-0.05, 0) is 43.2 Å². The molecule has 2 fully saturated rings. The van der Waals surface area contributed by atoms with Crippen LogP contribution < -0.4 is 10.2 Å². The van der Waals surface area contributed by atoms with Crippen molar-refractivity contribution in [1.29, 1.82) is 0 Å². The van der Waals surface area contributed by atoms with Crippen molar-refractivity contribution in [2.24, 2.45) is 11.8 Å². The van der Waals surface area contributed by atoms with Crippen LogP contribution in [0.4, 0.5) is 5.69 Å². The lowest BCUT2D eigenvalue weighted by atomic mass is 9.86. The van der Waals surface area contributed by atoms with Gasteiger partial charge in [-0.1, -0.05) is 24.3 Å². The zero-order valence-corrected chi connectivity index (χ0v) is 15.4. The van der Waals surface area contributed by atoms with E-state index in [1.807, 2.05) is 19.9 Å². The number of amides is 2. The Morgan fingerprint density at radius 1 is 1.00 bits per heavy atom. The molecule has 2 aromatic rings. The summed E-state index contributed by atoms with van der Waals surface area (Å²) in [6.45, 7) is 3.74. The predicted molar refractivity (Wildman–Crippen MR) is 101 cm³/mol. The molecule has 7 heteroatoms. The third kappa shape index (κ3) is 2.66. The molecule has 2 saturated heterocycles. The lowest BCUT2D eigenvalue weighted by molar-refractivity contribution is -0.142. The molecular weight excluding hydrogens is 360 g/mol. The second-order valence-corrected chi connectivity index (χ2v) is 7.43. The average molecular weight is 380 g/mol.